The predicted molar refractivity (Wildman–Crippen MR) is 100 cm³/mol. The summed E-state index contributed by atoms with van der Waals surface area (Å²) in [7, 11) is 0. The lowest BCUT2D eigenvalue weighted by molar-refractivity contribution is -0.146. The van der Waals surface area contributed by atoms with Gasteiger partial charge in [0.1, 0.15) is 18.3 Å². The van der Waals surface area contributed by atoms with Gasteiger partial charge in [0, 0.05) is 30.2 Å². The van der Waals surface area contributed by atoms with Crippen LogP contribution in [0.1, 0.15) is 63.4 Å². The third-order valence-corrected chi connectivity index (χ3v) is 6.94. The van der Waals surface area contributed by atoms with Gasteiger partial charge in [-0.1, -0.05) is 13.8 Å². The first-order valence-corrected chi connectivity index (χ1v) is 10.4. The van der Waals surface area contributed by atoms with E-state index in [1.54, 1.807) is 6.92 Å². The maximum absolute atomic E-state index is 11.9. The van der Waals surface area contributed by atoms with E-state index >= 15 is 0 Å². The van der Waals surface area contributed by atoms with Crippen LogP contribution in [-0.4, -0.2) is 34.8 Å². The first-order chi connectivity index (χ1) is 13.4. The SMILES string of the molecule is CC1=CC(C2OC3CCCn4c(C5CC(C)C(=O)O5)ccc4C3C2C)OC1=O. The zero-order valence-corrected chi connectivity index (χ0v) is 16.6. The molecule has 28 heavy (non-hydrogen) atoms. The average Bonchev–Trinajstić information content (AvgIpc) is 3.35. The summed E-state index contributed by atoms with van der Waals surface area (Å²) in [5, 5.41) is 0. The molecule has 0 aliphatic carbocycles. The van der Waals surface area contributed by atoms with Crippen LogP contribution in [0.2, 0.25) is 0 Å². The molecule has 5 rings (SSSR count). The third kappa shape index (κ3) is 2.65. The molecule has 0 saturated carbocycles. The van der Waals surface area contributed by atoms with Gasteiger partial charge in [0.2, 0.25) is 0 Å². The van der Waals surface area contributed by atoms with Crippen LogP contribution in [0.3, 0.4) is 0 Å². The van der Waals surface area contributed by atoms with E-state index in [0.29, 0.717) is 5.57 Å². The van der Waals surface area contributed by atoms with Crippen molar-refractivity contribution < 1.29 is 23.8 Å². The minimum Gasteiger partial charge on any atom is -0.456 e. The molecule has 7 atom stereocenters. The Labute approximate surface area is 164 Å². The van der Waals surface area contributed by atoms with Crippen molar-refractivity contribution in [3.05, 3.63) is 35.2 Å². The number of ether oxygens (including phenoxy) is 3. The van der Waals surface area contributed by atoms with Crippen molar-refractivity contribution >= 4 is 11.9 Å². The fourth-order valence-electron chi connectivity index (χ4n) is 5.45. The Hall–Kier alpha value is -2.08. The highest BCUT2D eigenvalue weighted by Gasteiger charge is 2.49. The number of aromatic nitrogens is 1. The molecule has 0 spiro atoms. The van der Waals surface area contributed by atoms with Crippen molar-refractivity contribution in [2.24, 2.45) is 11.8 Å². The number of fused-ring (bicyclic) bond motifs is 3. The molecule has 1 aromatic rings. The predicted octanol–water partition coefficient (Wildman–Crippen LogP) is 3.26. The Bertz CT molecular complexity index is 855. The maximum atomic E-state index is 11.9. The first-order valence-electron chi connectivity index (χ1n) is 10.4. The lowest BCUT2D eigenvalue weighted by Crippen LogP contribution is -2.31. The van der Waals surface area contributed by atoms with Crippen molar-refractivity contribution in [3.63, 3.8) is 0 Å². The number of hydrogen-bond acceptors (Lipinski definition) is 5. The fraction of sp³-hybridized carbons (Fsp3) is 0.636. The van der Waals surface area contributed by atoms with Gasteiger partial charge in [0.15, 0.2) is 0 Å². The van der Waals surface area contributed by atoms with Gasteiger partial charge in [0.25, 0.3) is 0 Å². The molecule has 4 aliphatic rings. The lowest BCUT2D eigenvalue weighted by atomic mass is 9.83. The lowest BCUT2D eigenvalue weighted by Gasteiger charge is -2.23. The molecule has 5 heterocycles. The van der Waals surface area contributed by atoms with Gasteiger partial charge in [-0.3, -0.25) is 4.79 Å². The van der Waals surface area contributed by atoms with E-state index < -0.39 is 0 Å². The van der Waals surface area contributed by atoms with E-state index in [-0.39, 0.29) is 54.1 Å². The van der Waals surface area contributed by atoms with Gasteiger partial charge in [-0.25, -0.2) is 4.79 Å². The molecule has 7 unspecified atom stereocenters. The molecular formula is C22H27NO5. The van der Waals surface area contributed by atoms with Crippen molar-refractivity contribution in [1.29, 1.82) is 0 Å². The largest absolute Gasteiger partial charge is 0.456 e. The smallest absolute Gasteiger partial charge is 0.334 e. The monoisotopic (exact) mass is 385 g/mol. The molecule has 0 amide bonds. The van der Waals surface area contributed by atoms with Gasteiger partial charge < -0.3 is 18.8 Å². The van der Waals surface area contributed by atoms with Crippen molar-refractivity contribution in [2.75, 3.05) is 0 Å². The summed E-state index contributed by atoms with van der Waals surface area (Å²) in [4.78, 5) is 23.7. The number of esters is 2. The summed E-state index contributed by atoms with van der Waals surface area (Å²) in [6.45, 7) is 6.85. The average molecular weight is 385 g/mol. The normalized spacial score (nSPS) is 39.8. The minimum atomic E-state index is -0.297. The van der Waals surface area contributed by atoms with E-state index in [2.05, 4.69) is 23.6 Å². The Kier molecular flexibility index (Phi) is 4.16. The molecule has 0 N–H and O–H groups in total. The van der Waals surface area contributed by atoms with Gasteiger partial charge >= 0.3 is 11.9 Å². The van der Waals surface area contributed by atoms with Crippen LogP contribution in [-0.2, 0) is 30.3 Å². The highest BCUT2D eigenvalue weighted by atomic mass is 16.6. The topological polar surface area (TPSA) is 66.8 Å². The number of rotatable bonds is 2. The zero-order valence-electron chi connectivity index (χ0n) is 16.6. The molecule has 150 valence electrons. The van der Waals surface area contributed by atoms with Crippen LogP contribution >= 0.6 is 0 Å². The Morgan fingerprint density at radius 3 is 2.57 bits per heavy atom. The number of cyclic esters (lactones) is 2. The van der Waals surface area contributed by atoms with E-state index in [1.807, 2.05) is 13.0 Å². The van der Waals surface area contributed by atoms with Gasteiger partial charge in [-0.2, -0.15) is 0 Å². The summed E-state index contributed by atoms with van der Waals surface area (Å²) in [5.74, 6) is 0.101. The van der Waals surface area contributed by atoms with E-state index in [1.165, 1.54) is 5.69 Å². The number of nitrogens with zero attached hydrogens (tertiary/aromatic N) is 1. The highest BCUT2D eigenvalue weighted by molar-refractivity contribution is 5.90. The quantitative estimate of drug-likeness (QED) is 0.731. The van der Waals surface area contributed by atoms with Crippen molar-refractivity contribution in [1.82, 2.24) is 4.57 Å². The van der Waals surface area contributed by atoms with Crippen molar-refractivity contribution in [3.8, 4) is 0 Å². The minimum absolute atomic E-state index is 0.0418. The second kappa shape index (κ2) is 6.48. The summed E-state index contributed by atoms with van der Waals surface area (Å²) in [6, 6.07) is 4.30. The van der Waals surface area contributed by atoms with E-state index in [4.69, 9.17) is 14.2 Å². The Morgan fingerprint density at radius 2 is 1.89 bits per heavy atom. The maximum Gasteiger partial charge on any atom is 0.334 e. The van der Waals surface area contributed by atoms with Crippen LogP contribution in [0.5, 0.6) is 0 Å². The third-order valence-electron chi connectivity index (χ3n) is 6.94. The molecule has 2 fully saturated rings. The molecule has 6 nitrogen and oxygen atoms in total. The van der Waals surface area contributed by atoms with Crippen LogP contribution < -0.4 is 0 Å². The molecule has 0 aromatic carbocycles. The number of carbonyl (C=O) groups excluding carboxylic acids is 2. The Balaban J connectivity index is 1.45. The summed E-state index contributed by atoms with van der Waals surface area (Å²) in [6.07, 6.45) is 4.21. The van der Waals surface area contributed by atoms with Crippen molar-refractivity contribution in [2.45, 2.75) is 76.9 Å². The number of carbonyl (C=O) groups is 2. The molecular weight excluding hydrogens is 358 g/mol. The molecule has 1 aromatic heterocycles. The fourth-order valence-corrected chi connectivity index (χ4v) is 5.45. The van der Waals surface area contributed by atoms with Gasteiger partial charge in [-0.05, 0) is 43.9 Å². The van der Waals surface area contributed by atoms with Gasteiger partial charge in [-0.15, -0.1) is 0 Å². The summed E-state index contributed by atoms with van der Waals surface area (Å²) >= 11 is 0. The first kappa shape index (κ1) is 18.0. The Morgan fingerprint density at radius 1 is 1.11 bits per heavy atom. The van der Waals surface area contributed by atoms with Crippen LogP contribution in [0.15, 0.2) is 23.8 Å². The molecule has 0 radical (unpaired) electrons. The summed E-state index contributed by atoms with van der Waals surface area (Å²) in [5.41, 5.74) is 3.02. The molecule has 6 heteroatoms. The summed E-state index contributed by atoms with van der Waals surface area (Å²) < 4.78 is 20.0. The van der Waals surface area contributed by atoms with Gasteiger partial charge in [0.05, 0.1) is 17.7 Å². The second-order valence-corrected chi connectivity index (χ2v) is 8.78. The molecule has 2 saturated heterocycles. The van der Waals surface area contributed by atoms with Crippen LogP contribution in [0.25, 0.3) is 0 Å². The van der Waals surface area contributed by atoms with E-state index in [0.717, 1.165) is 31.5 Å². The standard InChI is InChI=1S/C22H27NO5/c1-11-9-17(27-21(11)24)14-6-7-15-19-13(3)20(18-10-12(2)22(25)28-18)26-16(19)5-4-8-23(14)15/h6-7,10-11,13,16-20H,4-5,8-9H2,1-3H3. The highest BCUT2D eigenvalue weighted by Crippen LogP contribution is 2.47. The van der Waals surface area contributed by atoms with Crippen LogP contribution in [0.4, 0.5) is 0 Å². The zero-order chi connectivity index (χ0) is 19.6. The molecule has 0 bridgehead atoms. The van der Waals surface area contributed by atoms with E-state index in [9.17, 15) is 9.59 Å². The second-order valence-electron chi connectivity index (χ2n) is 8.78. The molecule has 4 aliphatic heterocycles. The number of hydrogen-bond donors (Lipinski definition) is 0. The van der Waals surface area contributed by atoms with Crippen LogP contribution in [0, 0.1) is 11.8 Å².